The number of pyridine rings is 2. The van der Waals surface area contributed by atoms with Gasteiger partial charge in [-0.3, -0.25) is 9.97 Å². The van der Waals surface area contributed by atoms with Gasteiger partial charge in [-0.1, -0.05) is 112 Å². The van der Waals surface area contributed by atoms with Crippen LogP contribution in [0.2, 0.25) is 0 Å². The summed E-state index contributed by atoms with van der Waals surface area (Å²) in [4.78, 5) is 20.0. The van der Waals surface area contributed by atoms with Crippen molar-refractivity contribution in [2.45, 2.75) is 109 Å². The molecule has 2 aromatic heterocycles. The van der Waals surface area contributed by atoms with Crippen molar-refractivity contribution in [3.63, 3.8) is 0 Å². The topological polar surface area (TPSA) is 32.3 Å². The van der Waals surface area contributed by atoms with E-state index in [1.807, 2.05) is 35.9 Å². The van der Waals surface area contributed by atoms with Gasteiger partial charge in [0, 0.05) is 32.0 Å². The zero-order valence-corrected chi connectivity index (χ0v) is 29.8. The summed E-state index contributed by atoms with van der Waals surface area (Å²) in [7, 11) is 4.97. The molecule has 7 heteroatoms. The SMILES string of the molecule is C[N+]1(C)CC(N2c3ccccc3Sc3ccncc32)CCCCCCCCCCCCC(N2c3ccccc3Sc3ccncc32)C1. The molecule has 0 N–H and O–H groups in total. The van der Waals surface area contributed by atoms with Crippen LogP contribution in [0, 0.1) is 0 Å². The number of benzene rings is 2. The second-order valence-corrected chi connectivity index (χ2v) is 16.5. The minimum Gasteiger partial charge on any atom is -0.330 e. The lowest BCUT2D eigenvalue weighted by Crippen LogP contribution is -2.56. The summed E-state index contributed by atoms with van der Waals surface area (Å²) in [5.74, 6) is 0. The van der Waals surface area contributed by atoms with E-state index in [4.69, 9.17) is 0 Å². The molecule has 0 saturated carbocycles. The number of anilines is 4. The van der Waals surface area contributed by atoms with Crippen molar-refractivity contribution in [2.75, 3.05) is 37.0 Å². The quantitative estimate of drug-likeness (QED) is 0.198. The van der Waals surface area contributed by atoms with Crippen LogP contribution in [-0.4, -0.2) is 53.7 Å². The van der Waals surface area contributed by atoms with Gasteiger partial charge < -0.3 is 14.3 Å². The van der Waals surface area contributed by atoms with Crippen molar-refractivity contribution < 1.29 is 4.48 Å². The molecule has 5 nitrogen and oxygen atoms in total. The number of aromatic nitrogens is 2. The molecular formula is C40H50N5S2+. The van der Waals surface area contributed by atoms with Crippen LogP contribution < -0.4 is 9.80 Å². The third-order valence-corrected chi connectivity index (χ3v) is 12.5. The van der Waals surface area contributed by atoms with Gasteiger partial charge in [-0.05, 0) is 49.2 Å². The summed E-state index contributed by atoms with van der Waals surface area (Å²) in [5, 5.41) is 0. The number of para-hydroxylation sites is 2. The van der Waals surface area contributed by atoms with Crippen LogP contribution >= 0.6 is 23.5 Å². The Labute approximate surface area is 290 Å². The predicted octanol–water partition coefficient (Wildman–Crippen LogP) is 10.9. The molecule has 4 aromatic rings. The van der Waals surface area contributed by atoms with Crippen LogP contribution in [0.1, 0.15) is 77.0 Å². The van der Waals surface area contributed by atoms with Crippen molar-refractivity contribution in [1.29, 1.82) is 0 Å². The maximum Gasteiger partial charge on any atom is 0.0994 e. The Morgan fingerprint density at radius 3 is 1.34 bits per heavy atom. The van der Waals surface area contributed by atoms with Gasteiger partial charge in [-0.25, -0.2) is 0 Å². The molecule has 2 atom stereocenters. The lowest BCUT2D eigenvalue weighted by Gasteiger charge is -2.45. The highest BCUT2D eigenvalue weighted by atomic mass is 32.2. The van der Waals surface area contributed by atoms with Crippen molar-refractivity contribution in [3.05, 3.63) is 85.5 Å². The molecule has 2 unspecified atom stereocenters. The molecule has 0 radical (unpaired) electrons. The van der Waals surface area contributed by atoms with E-state index in [1.165, 1.54) is 119 Å². The highest BCUT2D eigenvalue weighted by Crippen LogP contribution is 2.51. The minimum absolute atomic E-state index is 0.379. The van der Waals surface area contributed by atoms with Crippen LogP contribution in [0.4, 0.5) is 22.7 Å². The van der Waals surface area contributed by atoms with Crippen LogP contribution in [0.15, 0.2) is 105 Å². The third-order valence-electron chi connectivity index (χ3n) is 10.2. The summed E-state index contributed by atoms with van der Waals surface area (Å²) < 4.78 is 0.956. The second-order valence-electron chi connectivity index (χ2n) is 14.3. The first kappa shape index (κ1) is 32.5. The minimum atomic E-state index is 0.379. The predicted molar refractivity (Wildman–Crippen MR) is 199 cm³/mol. The fourth-order valence-electron chi connectivity index (χ4n) is 8.04. The Bertz CT molecular complexity index is 1430. The summed E-state index contributed by atoms with van der Waals surface area (Å²) in [6.07, 6.45) is 23.9. The number of nitrogens with zero attached hydrogens (tertiary/aromatic N) is 5. The average molecular weight is 665 g/mol. The summed E-state index contributed by atoms with van der Waals surface area (Å²) >= 11 is 3.78. The fourth-order valence-corrected chi connectivity index (χ4v) is 10.1. The van der Waals surface area contributed by atoms with E-state index in [2.05, 4.69) is 107 Å². The molecule has 3 aliphatic heterocycles. The Morgan fingerprint density at radius 1 is 0.511 bits per heavy atom. The normalized spacial score (nSPS) is 22.3. The molecule has 0 bridgehead atoms. The van der Waals surface area contributed by atoms with E-state index >= 15 is 0 Å². The average Bonchev–Trinajstić information content (AvgIpc) is 3.08. The van der Waals surface area contributed by atoms with Gasteiger partial charge in [0.15, 0.2) is 0 Å². The van der Waals surface area contributed by atoms with E-state index in [-0.39, 0.29) is 0 Å². The van der Waals surface area contributed by atoms with Crippen molar-refractivity contribution in [1.82, 2.24) is 9.97 Å². The summed E-state index contributed by atoms with van der Waals surface area (Å²) in [6.45, 7) is 2.15. The molecule has 1 saturated heterocycles. The van der Waals surface area contributed by atoms with E-state index < -0.39 is 0 Å². The van der Waals surface area contributed by atoms with E-state index in [0.29, 0.717) is 12.1 Å². The maximum absolute atomic E-state index is 4.65. The molecule has 5 heterocycles. The molecule has 0 spiro atoms. The fraction of sp³-hybridized carbons (Fsp3) is 0.450. The Kier molecular flexibility index (Phi) is 10.4. The van der Waals surface area contributed by atoms with Gasteiger partial charge in [-0.15, -0.1) is 0 Å². The van der Waals surface area contributed by atoms with Crippen LogP contribution in [0.3, 0.4) is 0 Å². The van der Waals surface area contributed by atoms with Crippen molar-refractivity contribution >= 4 is 46.3 Å². The molecule has 2 aromatic carbocycles. The third kappa shape index (κ3) is 7.53. The Morgan fingerprint density at radius 2 is 0.894 bits per heavy atom. The summed E-state index contributed by atoms with van der Waals surface area (Å²) in [6, 6.07) is 23.2. The number of hydrogen-bond acceptors (Lipinski definition) is 6. The lowest BCUT2D eigenvalue weighted by molar-refractivity contribution is -0.891. The molecule has 0 aliphatic carbocycles. The molecule has 1 fully saturated rings. The maximum atomic E-state index is 4.65. The van der Waals surface area contributed by atoms with Crippen LogP contribution in [0.25, 0.3) is 0 Å². The van der Waals surface area contributed by atoms with Gasteiger partial charge in [0.1, 0.15) is 0 Å². The van der Waals surface area contributed by atoms with E-state index in [0.717, 1.165) is 17.6 Å². The Hall–Kier alpha value is -3.00. The highest BCUT2D eigenvalue weighted by molar-refractivity contribution is 8.00. The van der Waals surface area contributed by atoms with E-state index in [1.54, 1.807) is 0 Å². The van der Waals surface area contributed by atoms with Crippen molar-refractivity contribution in [3.8, 4) is 0 Å². The Balaban J connectivity index is 1.25. The molecule has 7 rings (SSSR count). The van der Waals surface area contributed by atoms with Gasteiger partial charge in [0.2, 0.25) is 0 Å². The van der Waals surface area contributed by atoms with E-state index in [9.17, 15) is 0 Å². The molecule has 47 heavy (non-hydrogen) atoms. The number of fused-ring (bicyclic) bond motifs is 4. The molecule has 246 valence electrons. The zero-order chi connectivity index (χ0) is 32.1. The first-order valence-electron chi connectivity index (χ1n) is 17.9. The number of rotatable bonds is 2. The second kappa shape index (κ2) is 15.0. The lowest BCUT2D eigenvalue weighted by atomic mass is 10.0. The van der Waals surface area contributed by atoms with Crippen LogP contribution in [-0.2, 0) is 0 Å². The molecule has 0 amide bonds. The van der Waals surface area contributed by atoms with Gasteiger partial charge in [-0.2, -0.15) is 0 Å². The first-order valence-corrected chi connectivity index (χ1v) is 19.5. The number of likely N-dealkylation sites (N-methyl/N-ethyl adjacent to an activating group) is 1. The zero-order valence-electron chi connectivity index (χ0n) is 28.2. The smallest absolute Gasteiger partial charge is 0.0994 e. The summed E-state index contributed by atoms with van der Waals surface area (Å²) in [5.41, 5.74) is 5.22. The van der Waals surface area contributed by atoms with Crippen LogP contribution in [0.5, 0.6) is 0 Å². The van der Waals surface area contributed by atoms with Gasteiger partial charge >= 0.3 is 0 Å². The van der Waals surface area contributed by atoms with Gasteiger partial charge in [0.25, 0.3) is 0 Å². The largest absolute Gasteiger partial charge is 0.330 e. The number of hydrogen-bond donors (Lipinski definition) is 0. The van der Waals surface area contributed by atoms with Gasteiger partial charge in [0.05, 0.1) is 74.4 Å². The standard InChI is InChI=1S/C40H50N5S2/c1-45(2)29-31(43-33-19-13-15-21-37(33)46-39-23-25-41-27-35(39)43)17-11-9-7-5-3-4-6-8-10-12-18-32(30-45)44-34-20-14-16-22-38(34)47-40-24-26-42-28-36(40)44/h13-16,19-28,31-32H,3-12,17-18,29-30H2,1-2H3/q+1. The number of quaternary nitrogens is 1. The molecule has 3 aliphatic rings. The monoisotopic (exact) mass is 664 g/mol. The highest BCUT2D eigenvalue weighted by Gasteiger charge is 2.37. The first-order chi connectivity index (χ1) is 23.1. The van der Waals surface area contributed by atoms with Crippen molar-refractivity contribution in [2.24, 2.45) is 0 Å². The molecular weight excluding hydrogens is 615 g/mol.